The van der Waals surface area contributed by atoms with Crippen molar-refractivity contribution in [1.82, 2.24) is 0 Å². The highest BCUT2D eigenvalue weighted by Gasteiger charge is 2.40. The van der Waals surface area contributed by atoms with Crippen molar-refractivity contribution in [3.8, 4) is 0 Å². The Hall–Kier alpha value is -1.24. The van der Waals surface area contributed by atoms with Crippen LogP contribution >= 0.6 is 0 Å². The number of ketones is 1. The van der Waals surface area contributed by atoms with Gasteiger partial charge in [-0.05, 0) is 38.5 Å². The van der Waals surface area contributed by atoms with E-state index in [1.165, 1.54) is 12.8 Å². The number of aliphatic hydroxyl groups excluding tert-OH is 2. The Labute approximate surface area is 163 Å². The van der Waals surface area contributed by atoms with E-state index in [9.17, 15) is 14.7 Å². The molecular weight excluding hydrogens is 346 g/mol. The van der Waals surface area contributed by atoms with Crippen molar-refractivity contribution in [2.75, 3.05) is 6.61 Å². The van der Waals surface area contributed by atoms with Crippen LogP contribution in [0.2, 0.25) is 0 Å². The summed E-state index contributed by atoms with van der Waals surface area (Å²) < 4.78 is 0. The molecule has 0 aromatic carbocycles. The summed E-state index contributed by atoms with van der Waals surface area (Å²) in [6.45, 7) is 1.37. The molecule has 0 aromatic heterocycles. The molecule has 0 spiro atoms. The van der Waals surface area contributed by atoms with E-state index in [0.29, 0.717) is 18.6 Å². The van der Waals surface area contributed by atoms with E-state index >= 15 is 0 Å². The number of Topliss-reactive ketones (excluding diaryl/α,β-unsaturated/α-hetero) is 1. The highest BCUT2D eigenvalue weighted by molar-refractivity contribution is 5.79. The van der Waals surface area contributed by atoms with Crippen LogP contribution in [0.4, 0.5) is 0 Å². The zero-order valence-corrected chi connectivity index (χ0v) is 16.9. The number of carboxylic acid groups (broad SMARTS) is 1. The summed E-state index contributed by atoms with van der Waals surface area (Å²) in [5, 5.41) is 27.9. The lowest BCUT2D eigenvalue weighted by atomic mass is 9.91. The number of rotatable bonds is 18. The maximum Gasteiger partial charge on any atom is 0.328 e. The Morgan fingerprint density at radius 1 is 0.963 bits per heavy atom. The monoisotopic (exact) mass is 385 g/mol. The van der Waals surface area contributed by atoms with E-state index in [1.807, 2.05) is 12.2 Å². The molecule has 0 amide bonds. The number of nitrogens with two attached hydrogens (primary N) is 1. The first-order chi connectivity index (χ1) is 12.9. The maximum atomic E-state index is 11.7. The van der Waals surface area contributed by atoms with Crippen molar-refractivity contribution in [3.05, 3.63) is 12.2 Å². The van der Waals surface area contributed by atoms with Gasteiger partial charge in [0.15, 0.2) is 5.54 Å². The topological polar surface area (TPSA) is 121 Å². The number of aliphatic carboxylic acids is 1. The van der Waals surface area contributed by atoms with Crippen molar-refractivity contribution in [3.63, 3.8) is 0 Å². The molecule has 27 heavy (non-hydrogen) atoms. The van der Waals surface area contributed by atoms with Gasteiger partial charge >= 0.3 is 5.97 Å². The second-order valence-corrected chi connectivity index (χ2v) is 7.37. The van der Waals surface area contributed by atoms with E-state index in [0.717, 1.165) is 51.4 Å². The van der Waals surface area contributed by atoms with Gasteiger partial charge in [-0.15, -0.1) is 0 Å². The number of carboxylic acids is 1. The predicted molar refractivity (Wildman–Crippen MR) is 107 cm³/mol. The van der Waals surface area contributed by atoms with Gasteiger partial charge in [-0.1, -0.05) is 51.2 Å². The number of unbranched alkanes of at least 4 members (excludes halogenated alkanes) is 7. The van der Waals surface area contributed by atoms with Gasteiger partial charge in [-0.25, -0.2) is 0 Å². The molecular formula is C21H39NO5. The van der Waals surface area contributed by atoms with Crippen LogP contribution < -0.4 is 5.73 Å². The van der Waals surface area contributed by atoms with Crippen LogP contribution in [0.1, 0.15) is 90.4 Å². The molecule has 0 radical (unpaired) electrons. The first-order valence-corrected chi connectivity index (χ1v) is 10.4. The van der Waals surface area contributed by atoms with E-state index < -0.39 is 24.2 Å². The van der Waals surface area contributed by atoms with E-state index in [1.54, 1.807) is 0 Å². The van der Waals surface area contributed by atoms with Gasteiger partial charge in [0.25, 0.3) is 0 Å². The molecule has 5 N–H and O–H groups in total. The van der Waals surface area contributed by atoms with Gasteiger partial charge in [0, 0.05) is 12.8 Å². The van der Waals surface area contributed by atoms with Crippen molar-refractivity contribution < 1.29 is 24.9 Å². The fourth-order valence-electron chi connectivity index (χ4n) is 2.87. The number of hydrogen-bond donors (Lipinski definition) is 4. The number of aliphatic hydroxyl groups is 2. The standard InChI is InChI=1S/C21H39NO5/c1-2-3-4-11-14-18(24)15-12-9-7-5-6-8-10-13-16-19(25)21(22,17-23)20(26)27/h8,10,19,23,25H,2-7,9,11-17,22H2,1H3,(H,26,27)/b10-8+/t19-,21-/m1/s1. The number of hydrogen-bond acceptors (Lipinski definition) is 5. The second-order valence-electron chi connectivity index (χ2n) is 7.37. The summed E-state index contributed by atoms with van der Waals surface area (Å²) in [4.78, 5) is 22.7. The summed E-state index contributed by atoms with van der Waals surface area (Å²) in [7, 11) is 0. The van der Waals surface area contributed by atoms with Crippen LogP contribution in [-0.2, 0) is 9.59 Å². The third-order valence-electron chi connectivity index (χ3n) is 4.91. The molecule has 0 saturated heterocycles. The summed E-state index contributed by atoms with van der Waals surface area (Å²) in [5.74, 6) is -1.01. The summed E-state index contributed by atoms with van der Waals surface area (Å²) in [6, 6.07) is 0. The van der Waals surface area contributed by atoms with Gasteiger partial charge < -0.3 is 21.1 Å². The van der Waals surface area contributed by atoms with Crippen molar-refractivity contribution in [2.24, 2.45) is 5.73 Å². The Bertz CT molecular complexity index is 438. The molecule has 6 heteroatoms. The fraction of sp³-hybridized carbons (Fsp3) is 0.810. The molecule has 6 nitrogen and oxygen atoms in total. The molecule has 0 aliphatic rings. The fourth-order valence-corrected chi connectivity index (χ4v) is 2.87. The third-order valence-corrected chi connectivity index (χ3v) is 4.91. The average molecular weight is 386 g/mol. The van der Waals surface area contributed by atoms with Crippen molar-refractivity contribution >= 4 is 11.8 Å². The number of carbonyl (C=O) groups is 2. The highest BCUT2D eigenvalue weighted by Crippen LogP contribution is 2.14. The minimum atomic E-state index is -2.00. The molecule has 158 valence electrons. The Morgan fingerprint density at radius 3 is 2.07 bits per heavy atom. The SMILES string of the molecule is CCCCCCC(=O)CCCCCC/C=C/CC[C@@H](O)[C@](N)(CO)C(=O)O. The van der Waals surface area contributed by atoms with Gasteiger partial charge in [0.05, 0.1) is 12.7 Å². The molecule has 0 aliphatic carbocycles. The summed E-state index contributed by atoms with van der Waals surface area (Å²) in [5.41, 5.74) is 3.51. The Kier molecular flexibility index (Phi) is 15.1. The van der Waals surface area contributed by atoms with Crippen LogP contribution in [0, 0.1) is 0 Å². The highest BCUT2D eigenvalue weighted by atomic mass is 16.4. The maximum absolute atomic E-state index is 11.7. The lowest BCUT2D eigenvalue weighted by molar-refractivity contribution is -0.150. The molecule has 0 fully saturated rings. The van der Waals surface area contributed by atoms with E-state index in [-0.39, 0.29) is 6.42 Å². The van der Waals surface area contributed by atoms with Crippen LogP contribution in [-0.4, -0.2) is 45.3 Å². The molecule has 0 heterocycles. The molecule has 0 bridgehead atoms. The van der Waals surface area contributed by atoms with Gasteiger partial charge in [-0.2, -0.15) is 0 Å². The lowest BCUT2D eigenvalue weighted by Gasteiger charge is -2.27. The zero-order chi connectivity index (χ0) is 20.5. The first kappa shape index (κ1) is 25.8. The molecule has 0 saturated carbocycles. The smallest absolute Gasteiger partial charge is 0.328 e. The Balaban J connectivity index is 3.63. The number of allylic oxidation sites excluding steroid dienone is 2. The van der Waals surface area contributed by atoms with Crippen LogP contribution in [0.15, 0.2) is 12.2 Å². The minimum Gasteiger partial charge on any atom is -0.480 e. The largest absolute Gasteiger partial charge is 0.480 e. The predicted octanol–water partition coefficient (Wildman–Crippen LogP) is 3.34. The van der Waals surface area contributed by atoms with Crippen molar-refractivity contribution in [2.45, 2.75) is 102 Å². The quantitative estimate of drug-likeness (QED) is 0.212. The normalized spacial score (nSPS) is 15.0. The molecule has 0 unspecified atom stereocenters. The minimum absolute atomic E-state index is 0.195. The second kappa shape index (κ2) is 15.8. The van der Waals surface area contributed by atoms with Crippen LogP contribution in [0.25, 0.3) is 0 Å². The number of carbonyl (C=O) groups excluding carboxylic acids is 1. The Morgan fingerprint density at radius 2 is 1.52 bits per heavy atom. The molecule has 0 rings (SSSR count). The first-order valence-electron chi connectivity index (χ1n) is 10.4. The summed E-state index contributed by atoms with van der Waals surface area (Å²) >= 11 is 0. The van der Waals surface area contributed by atoms with Crippen LogP contribution in [0.5, 0.6) is 0 Å². The summed E-state index contributed by atoms with van der Waals surface area (Å²) in [6.07, 6.45) is 14.5. The van der Waals surface area contributed by atoms with Gasteiger partial charge in [0.2, 0.25) is 0 Å². The van der Waals surface area contributed by atoms with Crippen LogP contribution in [0.3, 0.4) is 0 Å². The van der Waals surface area contributed by atoms with Gasteiger partial charge in [0.1, 0.15) is 5.78 Å². The molecule has 0 aliphatic heterocycles. The molecule has 2 atom stereocenters. The molecule has 0 aromatic rings. The van der Waals surface area contributed by atoms with Gasteiger partial charge in [-0.3, -0.25) is 9.59 Å². The van der Waals surface area contributed by atoms with E-state index in [2.05, 4.69) is 6.92 Å². The van der Waals surface area contributed by atoms with Crippen molar-refractivity contribution in [1.29, 1.82) is 0 Å². The third kappa shape index (κ3) is 12.0. The average Bonchev–Trinajstić information content (AvgIpc) is 2.65. The zero-order valence-electron chi connectivity index (χ0n) is 16.9. The lowest BCUT2D eigenvalue weighted by Crippen LogP contribution is -2.60. The van der Waals surface area contributed by atoms with E-state index in [4.69, 9.17) is 15.9 Å².